The maximum absolute atomic E-state index is 12.7. The zero-order valence-corrected chi connectivity index (χ0v) is 10.7. The van der Waals surface area contributed by atoms with Crippen molar-refractivity contribution in [1.82, 2.24) is 4.98 Å². The first-order chi connectivity index (χ1) is 9.06. The van der Waals surface area contributed by atoms with Crippen LogP contribution in [-0.4, -0.2) is 31.3 Å². The van der Waals surface area contributed by atoms with Crippen LogP contribution in [0.3, 0.4) is 0 Å². The van der Waals surface area contributed by atoms with Crippen molar-refractivity contribution in [2.24, 2.45) is 0 Å². The molecule has 0 fully saturated rings. The van der Waals surface area contributed by atoms with Crippen molar-refractivity contribution in [2.75, 3.05) is 30.4 Å². The van der Waals surface area contributed by atoms with E-state index in [1.165, 1.54) is 14.0 Å². The minimum Gasteiger partial charge on any atom is -0.373 e. The topological polar surface area (TPSA) is 28.2 Å². The van der Waals surface area contributed by atoms with Crippen molar-refractivity contribution < 1.29 is 26.3 Å². The van der Waals surface area contributed by atoms with Crippen molar-refractivity contribution in [2.45, 2.75) is 19.3 Å². The Morgan fingerprint density at radius 3 is 2.15 bits per heavy atom. The van der Waals surface area contributed by atoms with Crippen LogP contribution in [-0.2, 0) is 6.18 Å². The third-order valence-electron chi connectivity index (χ3n) is 2.47. The monoisotopic (exact) mass is 301 g/mol. The van der Waals surface area contributed by atoms with Crippen LogP contribution >= 0.6 is 0 Å². The molecular formula is C11H13F6N3. The molecule has 20 heavy (non-hydrogen) atoms. The fourth-order valence-electron chi connectivity index (χ4n) is 1.54. The van der Waals surface area contributed by atoms with E-state index in [2.05, 4.69) is 10.3 Å². The number of nitrogens with one attached hydrogen (secondary N) is 1. The van der Waals surface area contributed by atoms with Gasteiger partial charge < -0.3 is 10.2 Å². The van der Waals surface area contributed by atoms with E-state index in [-0.39, 0.29) is 18.2 Å². The number of nitrogens with zero attached hydrogens (tertiary/aromatic N) is 2. The molecule has 9 heteroatoms. The molecule has 1 aromatic rings. The summed E-state index contributed by atoms with van der Waals surface area (Å²) in [4.78, 5) is 4.47. The number of anilines is 2. The van der Waals surface area contributed by atoms with E-state index in [9.17, 15) is 26.3 Å². The molecule has 0 aliphatic rings. The maximum Gasteiger partial charge on any atom is 0.416 e. The van der Waals surface area contributed by atoms with Gasteiger partial charge in [0.2, 0.25) is 0 Å². The molecule has 3 nitrogen and oxygen atoms in total. The molecule has 1 rings (SSSR count). The predicted octanol–water partition coefficient (Wildman–Crippen LogP) is 3.53. The van der Waals surface area contributed by atoms with Gasteiger partial charge >= 0.3 is 12.4 Å². The highest BCUT2D eigenvalue weighted by molar-refractivity contribution is 5.51. The van der Waals surface area contributed by atoms with Gasteiger partial charge in [0.1, 0.15) is 18.2 Å². The van der Waals surface area contributed by atoms with Crippen molar-refractivity contribution in [3.8, 4) is 0 Å². The van der Waals surface area contributed by atoms with Crippen LogP contribution in [0.1, 0.15) is 12.5 Å². The summed E-state index contributed by atoms with van der Waals surface area (Å²) >= 11 is 0. The fraction of sp³-hybridized carbons (Fsp3) is 0.545. The summed E-state index contributed by atoms with van der Waals surface area (Å²) in [6, 6.07) is 1.35. The van der Waals surface area contributed by atoms with Gasteiger partial charge in [-0.15, -0.1) is 0 Å². The van der Waals surface area contributed by atoms with Gasteiger partial charge in [-0.25, -0.2) is 4.98 Å². The Hall–Kier alpha value is -1.67. The third kappa shape index (κ3) is 4.46. The number of rotatable bonds is 4. The summed E-state index contributed by atoms with van der Waals surface area (Å²) < 4.78 is 75.2. The quantitative estimate of drug-likeness (QED) is 0.862. The molecule has 0 atom stereocenters. The number of aromatic nitrogens is 1. The van der Waals surface area contributed by atoms with Crippen LogP contribution in [0.15, 0.2) is 12.1 Å². The molecule has 0 aliphatic carbocycles. The summed E-state index contributed by atoms with van der Waals surface area (Å²) in [5.74, 6) is -0.514. The molecule has 0 saturated carbocycles. The first-order valence-electron chi connectivity index (χ1n) is 5.65. The lowest BCUT2D eigenvalue weighted by Crippen LogP contribution is -2.35. The fourth-order valence-corrected chi connectivity index (χ4v) is 1.54. The molecule has 1 heterocycles. The number of halogens is 6. The molecule has 0 aliphatic heterocycles. The van der Waals surface area contributed by atoms with Crippen LogP contribution in [0.4, 0.5) is 38.0 Å². The van der Waals surface area contributed by atoms with Gasteiger partial charge in [-0.05, 0) is 19.1 Å². The summed E-state index contributed by atoms with van der Waals surface area (Å²) in [6.07, 6.45) is -9.17. The van der Waals surface area contributed by atoms with Crippen molar-refractivity contribution in [1.29, 1.82) is 0 Å². The van der Waals surface area contributed by atoms with Gasteiger partial charge in [0.15, 0.2) is 0 Å². The highest BCUT2D eigenvalue weighted by Gasteiger charge is 2.34. The lowest BCUT2D eigenvalue weighted by atomic mass is 10.2. The first-order valence-corrected chi connectivity index (χ1v) is 5.65. The van der Waals surface area contributed by atoms with Crippen LogP contribution in [0.5, 0.6) is 0 Å². The Balaban J connectivity index is 3.21. The molecule has 0 amide bonds. The Morgan fingerprint density at radius 1 is 1.15 bits per heavy atom. The molecule has 0 aromatic carbocycles. The van der Waals surface area contributed by atoms with Gasteiger partial charge in [-0.2, -0.15) is 26.3 Å². The Morgan fingerprint density at radius 2 is 1.75 bits per heavy atom. The van der Waals surface area contributed by atoms with E-state index in [4.69, 9.17) is 0 Å². The van der Waals surface area contributed by atoms with E-state index in [1.54, 1.807) is 0 Å². The highest BCUT2D eigenvalue weighted by atomic mass is 19.4. The minimum absolute atomic E-state index is 0.114. The lowest BCUT2D eigenvalue weighted by Gasteiger charge is -2.24. The second kappa shape index (κ2) is 5.76. The van der Waals surface area contributed by atoms with E-state index in [1.807, 2.05) is 0 Å². The predicted molar refractivity (Wildman–Crippen MR) is 62.7 cm³/mol. The van der Waals surface area contributed by atoms with Gasteiger partial charge in [-0.1, -0.05) is 0 Å². The lowest BCUT2D eigenvalue weighted by molar-refractivity contribution is -0.137. The first kappa shape index (κ1) is 16.4. The summed E-state index contributed by atoms with van der Waals surface area (Å²) in [7, 11) is 1.34. The molecule has 0 radical (unpaired) electrons. The van der Waals surface area contributed by atoms with Crippen LogP contribution in [0, 0.1) is 0 Å². The van der Waals surface area contributed by atoms with Crippen LogP contribution in [0.2, 0.25) is 0 Å². The van der Waals surface area contributed by atoms with Gasteiger partial charge in [0, 0.05) is 13.6 Å². The zero-order valence-electron chi connectivity index (χ0n) is 10.7. The summed E-state index contributed by atoms with van der Waals surface area (Å²) in [5, 5.41) is 2.40. The normalized spacial score (nSPS) is 12.4. The molecule has 0 spiro atoms. The van der Waals surface area contributed by atoms with E-state index >= 15 is 0 Å². The molecule has 114 valence electrons. The van der Waals surface area contributed by atoms with E-state index in [0.717, 1.165) is 11.0 Å². The SMILES string of the molecule is CCN(CC(F)(F)F)c1cc(C(F)(F)F)cc(NC)n1. The minimum atomic E-state index is -4.65. The molecule has 0 bridgehead atoms. The number of alkyl halides is 6. The van der Waals surface area contributed by atoms with Gasteiger partial charge in [0.05, 0.1) is 5.56 Å². The van der Waals surface area contributed by atoms with Crippen LogP contribution in [0.25, 0.3) is 0 Å². The van der Waals surface area contributed by atoms with Crippen molar-refractivity contribution in [3.63, 3.8) is 0 Å². The molecule has 1 aromatic heterocycles. The molecular weight excluding hydrogens is 288 g/mol. The standard InChI is InChI=1S/C11H13F6N3/c1-3-20(6-10(12,13)14)9-5-7(11(15,16)17)4-8(18-2)19-9/h4-5H,3,6H2,1-2H3,(H,18,19). The number of hydrogen-bond acceptors (Lipinski definition) is 3. The summed E-state index contributed by atoms with van der Waals surface area (Å²) in [6.45, 7) is -0.0648. The number of pyridine rings is 1. The third-order valence-corrected chi connectivity index (χ3v) is 2.47. The number of hydrogen-bond donors (Lipinski definition) is 1. The van der Waals surface area contributed by atoms with E-state index in [0.29, 0.717) is 6.07 Å². The molecule has 1 N–H and O–H groups in total. The largest absolute Gasteiger partial charge is 0.416 e. The maximum atomic E-state index is 12.7. The highest BCUT2D eigenvalue weighted by Crippen LogP contribution is 2.33. The van der Waals surface area contributed by atoms with Crippen molar-refractivity contribution >= 4 is 11.6 Å². The summed E-state index contributed by atoms with van der Waals surface area (Å²) in [5.41, 5.74) is -1.05. The Labute approximate surface area is 111 Å². The van der Waals surface area contributed by atoms with E-state index < -0.39 is 24.5 Å². The van der Waals surface area contributed by atoms with Gasteiger partial charge in [0.25, 0.3) is 0 Å². The van der Waals surface area contributed by atoms with Crippen molar-refractivity contribution in [3.05, 3.63) is 17.7 Å². The average molecular weight is 301 g/mol. The second-order valence-electron chi connectivity index (χ2n) is 3.98. The van der Waals surface area contributed by atoms with Crippen LogP contribution < -0.4 is 10.2 Å². The van der Waals surface area contributed by atoms with Gasteiger partial charge in [-0.3, -0.25) is 0 Å². The Bertz CT molecular complexity index is 454. The average Bonchev–Trinajstić information content (AvgIpc) is 2.33. The second-order valence-corrected chi connectivity index (χ2v) is 3.98. The Kier molecular flexibility index (Phi) is 4.72. The zero-order chi connectivity index (χ0) is 15.6. The molecule has 0 saturated heterocycles. The molecule has 0 unspecified atom stereocenters. The smallest absolute Gasteiger partial charge is 0.373 e.